The molecule has 31 heavy (non-hydrogen) atoms. The lowest BCUT2D eigenvalue weighted by Gasteiger charge is -2.30. The van der Waals surface area contributed by atoms with Crippen LogP contribution in [0.4, 0.5) is 5.69 Å². The first kappa shape index (κ1) is 19.9. The fourth-order valence-corrected chi connectivity index (χ4v) is 4.76. The van der Waals surface area contributed by atoms with Crippen LogP contribution in [0.2, 0.25) is 0 Å². The Bertz CT molecular complexity index is 1170. The van der Waals surface area contributed by atoms with Gasteiger partial charge in [0.2, 0.25) is 5.91 Å². The molecule has 1 aliphatic rings. The smallest absolute Gasteiger partial charge is 0.227 e. The highest BCUT2D eigenvalue weighted by Gasteiger charge is 2.25. The highest BCUT2D eigenvalue weighted by Crippen LogP contribution is 2.26. The molecule has 0 unspecified atom stereocenters. The first-order chi connectivity index (χ1) is 15.1. The van der Waals surface area contributed by atoms with E-state index in [4.69, 9.17) is 0 Å². The van der Waals surface area contributed by atoms with Crippen molar-refractivity contribution in [3.63, 3.8) is 0 Å². The third kappa shape index (κ3) is 4.52. The van der Waals surface area contributed by atoms with E-state index in [9.17, 15) is 4.79 Å². The van der Waals surface area contributed by atoms with Gasteiger partial charge in [0, 0.05) is 22.5 Å². The number of H-pyrrole nitrogens is 1. The predicted octanol–water partition coefficient (Wildman–Crippen LogP) is 4.85. The Hall–Kier alpha value is -3.03. The van der Waals surface area contributed by atoms with E-state index in [0.29, 0.717) is 0 Å². The van der Waals surface area contributed by atoms with Crippen LogP contribution >= 0.6 is 11.3 Å². The van der Waals surface area contributed by atoms with Gasteiger partial charge in [0.25, 0.3) is 0 Å². The number of amides is 1. The van der Waals surface area contributed by atoms with E-state index >= 15 is 0 Å². The maximum atomic E-state index is 12.8. The molecule has 1 saturated heterocycles. The number of carbonyl (C=O) groups is 1. The number of aryl methyl sites for hydroxylation is 1. The minimum Gasteiger partial charge on any atom is -0.341 e. The molecule has 7 heteroatoms. The Morgan fingerprint density at radius 1 is 1.16 bits per heavy atom. The first-order valence-electron chi connectivity index (χ1n) is 10.6. The van der Waals surface area contributed by atoms with Crippen LogP contribution in [0.3, 0.4) is 0 Å². The number of benzene rings is 2. The average Bonchev–Trinajstić information content (AvgIpc) is 3.40. The minimum atomic E-state index is 0.0390. The summed E-state index contributed by atoms with van der Waals surface area (Å²) in [6.45, 7) is 4.58. The standard InChI is InChI=1S/C24H25N5OS/c1-16-25-22(15-31-16)18-5-4-6-19(13-18)26-24(30)17-9-11-29(12-10-17)14-23-27-20-7-2-3-8-21(20)28-23/h2-8,13,15,17H,9-12,14H2,1H3,(H,26,30)(H,27,28). The van der Waals surface area contributed by atoms with Crippen LogP contribution in [0.5, 0.6) is 0 Å². The fourth-order valence-electron chi connectivity index (χ4n) is 4.14. The summed E-state index contributed by atoms with van der Waals surface area (Å²) in [4.78, 5) is 27.8. The molecule has 0 spiro atoms. The van der Waals surface area contributed by atoms with Gasteiger partial charge in [0.15, 0.2) is 0 Å². The molecule has 0 saturated carbocycles. The van der Waals surface area contributed by atoms with Crippen LogP contribution in [-0.2, 0) is 11.3 Å². The number of aromatic amines is 1. The molecule has 4 aromatic rings. The predicted molar refractivity (Wildman–Crippen MR) is 125 cm³/mol. The second-order valence-corrected chi connectivity index (χ2v) is 9.14. The molecule has 0 atom stereocenters. The zero-order valence-electron chi connectivity index (χ0n) is 17.5. The molecule has 5 rings (SSSR count). The number of thiazole rings is 1. The molecule has 2 aromatic heterocycles. The number of rotatable bonds is 5. The Kier molecular flexibility index (Phi) is 5.53. The van der Waals surface area contributed by atoms with Gasteiger partial charge >= 0.3 is 0 Å². The highest BCUT2D eigenvalue weighted by molar-refractivity contribution is 7.09. The molecule has 2 aromatic carbocycles. The maximum Gasteiger partial charge on any atom is 0.227 e. The van der Waals surface area contributed by atoms with E-state index in [1.54, 1.807) is 11.3 Å². The molecule has 2 N–H and O–H groups in total. The lowest BCUT2D eigenvalue weighted by atomic mass is 9.95. The Morgan fingerprint density at radius 3 is 2.77 bits per heavy atom. The SMILES string of the molecule is Cc1nc(-c2cccc(NC(=O)C3CCN(Cc4nc5ccccc5[nH]4)CC3)c2)cs1. The van der Waals surface area contributed by atoms with E-state index < -0.39 is 0 Å². The summed E-state index contributed by atoms with van der Waals surface area (Å²) in [5.41, 5.74) is 4.89. The number of imidazole rings is 1. The summed E-state index contributed by atoms with van der Waals surface area (Å²) in [5, 5.41) is 6.20. The van der Waals surface area contributed by atoms with Crippen LogP contribution in [0.1, 0.15) is 23.7 Å². The summed E-state index contributed by atoms with van der Waals surface area (Å²) in [6, 6.07) is 16.0. The molecule has 1 fully saturated rings. The Labute approximate surface area is 185 Å². The van der Waals surface area contributed by atoms with Crippen LogP contribution in [0, 0.1) is 12.8 Å². The number of piperidine rings is 1. The molecule has 6 nitrogen and oxygen atoms in total. The van der Waals surface area contributed by atoms with Crippen molar-refractivity contribution in [3.8, 4) is 11.3 Å². The van der Waals surface area contributed by atoms with Crippen molar-refractivity contribution in [3.05, 3.63) is 64.7 Å². The quantitative estimate of drug-likeness (QED) is 0.474. The normalized spacial score (nSPS) is 15.4. The van der Waals surface area contributed by atoms with Gasteiger partial charge in [-0.2, -0.15) is 0 Å². The molecule has 0 bridgehead atoms. The van der Waals surface area contributed by atoms with Crippen molar-refractivity contribution in [2.45, 2.75) is 26.3 Å². The summed E-state index contributed by atoms with van der Waals surface area (Å²) in [5.74, 6) is 1.13. The van der Waals surface area contributed by atoms with Crippen LogP contribution in [-0.4, -0.2) is 38.8 Å². The monoisotopic (exact) mass is 431 g/mol. The summed E-state index contributed by atoms with van der Waals surface area (Å²) in [7, 11) is 0. The number of hydrogen-bond acceptors (Lipinski definition) is 5. The van der Waals surface area contributed by atoms with Crippen molar-refractivity contribution >= 4 is 34.0 Å². The summed E-state index contributed by atoms with van der Waals surface area (Å²) in [6.07, 6.45) is 1.72. The number of nitrogens with zero attached hydrogens (tertiary/aromatic N) is 3. The van der Waals surface area contributed by atoms with Gasteiger partial charge in [-0.3, -0.25) is 9.69 Å². The lowest BCUT2D eigenvalue weighted by Crippen LogP contribution is -2.38. The second-order valence-electron chi connectivity index (χ2n) is 8.07. The van der Waals surface area contributed by atoms with E-state index in [2.05, 4.69) is 25.2 Å². The van der Waals surface area contributed by atoms with Crippen LogP contribution in [0.25, 0.3) is 22.3 Å². The summed E-state index contributed by atoms with van der Waals surface area (Å²) >= 11 is 1.63. The molecule has 0 aliphatic carbocycles. The first-order valence-corrected chi connectivity index (χ1v) is 11.5. The highest BCUT2D eigenvalue weighted by atomic mass is 32.1. The molecule has 3 heterocycles. The van der Waals surface area contributed by atoms with Gasteiger partial charge in [-0.25, -0.2) is 9.97 Å². The van der Waals surface area contributed by atoms with Crippen molar-refractivity contribution in [2.75, 3.05) is 18.4 Å². The largest absolute Gasteiger partial charge is 0.341 e. The minimum absolute atomic E-state index is 0.0390. The van der Waals surface area contributed by atoms with Gasteiger partial charge in [0.1, 0.15) is 5.82 Å². The Morgan fingerprint density at radius 2 is 2.00 bits per heavy atom. The average molecular weight is 432 g/mol. The van der Waals surface area contributed by atoms with Crippen LogP contribution in [0.15, 0.2) is 53.9 Å². The third-order valence-electron chi connectivity index (χ3n) is 5.82. The number of anilines is 1. The summed E-state index contributed by atoms with van der Waals surface area (Å²) < 4.78 is 0. The van der Waals surface area contributed by atoms with E-state index in [0.717, 1.165) is 71.3 Å². The van der Waals surface area contributed by atoms with Crippen molar-refractivity contribution < 1.29 is 4.79 Å². The number of para-hydroxylation sites is 2. The molecule has 158 valence electrons. The van der Waals surface area contributed by atoms with E-state index in [-0.39, 0.29) is 11.8 Å². The van der Waals surface area contributed by atoms with Crippen molar-refractivity contribution in [1.29, 1.82) is 0 Å². The number of aromatic nitrogens is 3. The van der Waals surface area contributed by atoms with Gasteiger partial charge in [0.05, 0.1) is 28.3 Å². The van der Waals surface area contributed by atoms with E-state index in [1.807, 2.05) is 60.8 Å². The number of nitrogens with one attached hydrogen (secondary N) is 2. The zero-order chi connectivity index (χ0) is 21.2. The van der Waals surface area contributed by atoms with Crippen LogP contribution < -0.4 is 5.32 Å². The molecule has 1 amide bonds. The van der Waals surface area contributed by atoms with Gasteiger partial charge < -0.3 is 10.3 Å². The van der Waals surface area contributed by atoms with Gasteiger partial charge in [-0.15, -0.1) is 11.3 Å². The maximum absolute atomic E-state index is 12.8. The number of hydrogen-bond donors (Lipinski definition) is 2. The zero-order valence-corrected chi connectivity index (χ0v) is 18.3. The Balaban J connectivity index is 1.17. The van der Waals surface area contributed by atoms with Gasteiger partial charge in [-0.05, 0) is 57.1 Å². The second kappa shape index (κ2) is 8.61. The number of likely N-dealkylation sites (tertiary alicyclic amines) is 1. The molecule has 1 aliphatic heterocycles. The topological polar surface area (TPSA) is 73.9 Å². The molecular formula is C24H25N5OS. The lowest BCUT2D eigenvalue weighted by molar-refractivity contribution is -0.121. The van der Waals surface area contributed by atoms with Crippen molar-refractivity contribution in [1.82, 2.24) is 19.9 Å². The number of fused-ring (bicyclic) bond motifs is 1. The van der Waals surface area contributed by atoms with Crippen molar-refractivity contribution in [2.24, 2.45) is 5.92 Å². The number of carbonyl (C=O) groups excluding carboxylic acids is 1. The molecule has 0 radical (unpaired) electrons. The molecular weight excluding hydrogens is 406 g/mol. The fraction of sp³-hybridized carbons (Fsp3) is 0.292. The van der Waals surface area contributed by atoms with E-state index in [1.165, 1.54) is 0 Å². The third-order valence-corrected chi connectivity index (χ3v) is 6.59. The van der Waals surface area contributed by atoms with Gasteiger partial charge in [-0.1, -0.05) is 24.3 Å².